The van der Waals surface area contributed by atoms with Gasteiger partial charge in [-0.1, -0.05) is 12.1 Å². The van der Waals surface area contributed by atoms with E-state index in [1.165, 1.54) is 6.92 Å². The summed E-state index contributed by atoms with van der Waals surface area (Å²) in [6, 6.07) is 6.79. The Bertz CT molecular complexity index is 450. The van der Waals surface area contributed by atoms with Crippen molar-refractivity contribution in [1.82, 2.24) is 0 Å². The zero-order valence-electron chi connectivity index (χ0n) is 10.3. The van der Waals surface area contributed by atoms with Crippen molar-refractivity contribution in [2.45, 2.75) is 25.2 Å². The van der Waals surface area contributed by atoms with E-state index in [1.807, 2.05) is 6.92 Å². The number of aliphatic hydroxyl groups excluding tert-OH is 1. The molecule has 1 aromatic rings. The van der Waals surface area contributed by atoms with Gasteiger partial charge < -0.3 is 9.84 Å². The molecule has 5 heteroatoms. The fourth-order valence-electron chi connectivity index (χ4n) is 1.43. The van der Waals surface area contributed by atoms with Crippen molar-refractivity contribution in [2.75, 3.05) is 12.9 Å². The molecule has 4 nitrogen and oxygen atoms in total. The number of hydrogen-bond donors (Lipinski definition) is 1. The van der Waals surface area contributed by atoms with Gasteiger partial charge in [-0.15, -0.1) is 0 Å². The SMILES string of the molecule is CCOc1ccc(C(O)C(C)S(C)(=O)=O)cc1. The highest BCUT2D eigenvalue weighted by Gasteiger charge is 2.25. The fraction of sp³-hybridized carbons (Fsp3) is 0.500. The van der Waals surface area contributed by atoms with E-state index in [0.29, 0.717) is 17.9 Å². The molecule has 0 aliphatic carbocycles. The third-order valence-electron chi connectivity index (χ3n) is 2.65. The summed E-state index contributed by atoms with van der Waals surface area (Å²) in [6.45, 7) is 3.95. The lowest BCUT2D eigenvalue weighted by molar-refractivity contribution is 0.176. The first-order valence-electron chi connectivity index (χ1n) is 5.46. The molecule has 2 unspecified atom stereocenters. The zero-order chi connectivity index (χ0) is 13.1. The minimum atomic E-state index is -3.25. The van der Waals surface area contributed by atoms with Gasteiger partial charge in [0.1, 0.15) is 5.75 Å². The lowest BCUT2D eigenvalue weighted by Crippen LogP contribution is -2.24. The minimum absolute atomic E-state index is 0.571. The maximum Gasteiger partial charge on any atom is 0.152 e. The fourth-order valence-corrected chi connectivity index (χ4v) is 2.06. The number of aliphatic hydroxyl groups is 1. The number of rotatable bonds is 5. The van der Waals surface area contributed by atoms with E-state index in [9.17, 15) is 13.5 Å². The molecular weight excluding hydrogens is 240 g/mol. The molecule has 96 valence electrons. The van der Waals surface area contributed by atoms with E-state index < -0.39 is 21.2 Å². The molecule has 0 bridgehead atoms. The largest absolute Gasteiger partial charge is 0.494 e. The third kappa shape index (κ3) is 3.71. The molecule has 2 atom stereocenters. The van der Waals surface area contributed by atoms with Crippen LogP contribution in [0.2, 0.25) is 0 Å². The van der Waals surface area contributed by atoms with Gasteiger partial charge in [-0.25, -0.2) is 8.42 Å². The highest BCUT2D eigenvalue weighted by atomic mass is 32.2. The van der Waals surface area contributed by atoms with E-state index in [1.54, 1.807) is 24.3 Å². The first-order chi connectivity index (χ1) is 7.86. The van der Waals surface area contributed by atoms with Crippen LogP contribution < -0.4 is 4.74 Å². The maximum absolute atomic E-state index is 11.3. The molecule has 0 radical (unpaired) electrons. The molecule has 0 amide bonds. The van der Waals surface area contributed by atoms with E-state index in [-0.39, 0.29) is 0 Å². The molecule has 1 rings (SSSR count). The van der Waals surface area contributed by atoms with Gasteiger partial charge in [0.15, 0.2) is 9.84 Å². The summed E-state index contributed by atoms with van der Waals surface area (Å²) in [5.74, 6) is 0.704. The van der Waals surface area contributed by atoms with Crippen molar-refractivity contribution < 1.29 is 18.3 Å². The number of sulfone groups is 1. The van der Waals surface area contributed by atoms with Gasteiger partial charge in [-0.2, -0.15) is 0 Å². The molecule has 1 aromatic carbocycles. The average molecular weight is 258 g/mol. The van der Waals surface area contributed by atoms with E-state index in [2.05, 4.69) is 0 Å². The highest BCUT2D eigenvalue weighted by molar-refractivity contribution is 7.91. The Balaban J connectivity index is 2.86. The van der Waals surface area contributed by atoms with Crippen molar-refractivity contribution in [3.63, 3.8) is 0 Å². The second-order valence-electron chi connectivity index (χ2n) is 3.98. The normalized spacial score (nSPS) is 15.3. The Morgan fingerprint density at radius 1 is 1.29 bits per heavy atom. The van der Waals surface area contributed by atoms with Gasteiger partial charge in [-0.3, -0.25) is 0 Å². The summed E-state index contributed by atoms with van der Waals surface area (Å²) in [4.78, 5) is 0. The van der Waals surface area contributed by atoms with Crippen molar-refractivity contribution in [3.05, 3.63) is 29.8 Å². The first kappa shape index (κ1) is 14.0. The summed E-state index contributed by atoms with van der Waals surface area (Å²) in [5.41, 5.74) is 0.575. The Morgan fingerprint density at radius 2 is 1.82 bits per heavy atom. The smallest absolute Gasteiger partial charge is 0.152 e. The zero-order valence-corrected chi connectivity index (χ0v) is 11.1. The topological polar surface area (TPSA) is 63.6 Å². The van der Waals surface area contributed by atoms with E-state index in [4.69, 9.17) is 4.74 Å². The second kappa shape index (κ2) is 5.51. The van der Waals surface area contributed by atoms with Crippen molar-refractivity contribution >= 4 is 9.84 Å². The molecule has 17 heavy (non-hydrogen) atoms. The standard InChI is InChI=1S/C12H18O4S/c1-4-16-11-7-5-10(6-8-11)12(13)9(2)17(3,14)15/h5-9,12-13H,4H2,1-3H3. The molecule has 0 saturated heterocycles. The van der Waals surface area contributed by atoms with E-state index in [0.717, 1.165) is 6.26 Å². The van der Waals surface area contributed by atoms with Gasteiger partial charge in [0.25, 0.3) is 0 Å². The molecule has 1 N–H and O–H groups in total. The minimum Gasteiger partial charge on any atom is -0.494 e. The van der Waals surface area contributed by atoms with Crippen LogP contribution >= 0.6 is 0 Å². The van der Waals surface area contributed by atoms with Crippen molar-refractivity contribution in [3.8, 4) is 5.75 Å². The van der Waals surface area contributed by atoms with Crippen LogP contribution in [0.3, 0.4) is 0 Å². The number of ether oxygens (including phenoxy) is 1. The summed E-state index contributed by atoms with van der Waals surface area (Å²) in [7, 11) is -3.25. The van der Waals surface area contributed by atoms with E-state index >= 15 is 0 Å². The summed E-state index contributed by atoms with van der Waals surface area (Å²) in [5, 5.41) is 9.11. The van der Waals surface area contributed by atoms with Crippen LogP contribution in [-0.4, -0.2) is 31.6 Å². The molecular formula is C12H18O4S. The van der Waals surface area contributed by atoms with Crippen LogP contribution in [0.15, 0.2) is 24.3 Å². The predicted octanol–water partition coefficient (Wildman–Crippen LogP) is 1.55. The first-order valence-corrected chi connectivity index (χ1v) is 7.41. The summed E-state index contributed by atoms with van der Waals surface area (Å²) >= 11 is 0. The van der Waals surface area contributed by atoms with Crippen LogP contribution in [0.4, 0.5) is 0 Å². The number of hydrogen-bond acceptors (Lipinski definition) is 4. The van der Waals surface area contributed by atoms with Gasteiger partial charge >= 0.3 is 0 Å². The van der Waals surface area contributed by atoms with Gasteiger partial charge in [-0.05, 0) is 31.5 Å². The van der Waals surface area contributed by atoms with Gasteiger partial charge in [0.2, 0.25) is 0 Å². The summed E-state index contributed by atoms with van der Waals surface area (Å²) < 4.78 is 27.9. The average Bonchev–Trinajstić information content (AvgIpc) is 2.27. The Kier molecular flexibility index (Phi) is 4.54. The molecule has 0 heterocycles. The maximum atomic E-state index is 11.3. The molecule has 0 fully saturated rings. The summed E-state index contributed by atoms with van der Waals surface area (Å²) in [6.07, 6.45) is 0.107. The van der Waals surface area contributed by atoms with Crippen LogP contribution in [-0.2, 0) is 9.84 Å². The van der Waals surface area contributed by atoms with Gasteiger partial charge in [0, 0.05) is 6.26 Å². The van der Waals surface area contributed by atoms with Crippen LogP contribution in [0.25, 0.3) is 0 Å². The molecule has 0 spiro atoms. The number of benzene rings is 1. The van der Waals surface area contributed by atoms with Crippen LogP contribution in [0, 0.1) is 0 Å². The predicted molar refractivity (Wildman–Crippen MR) is 66.9 cm³/mol. The Labute approximate surface area is 102 Å². The monoisotopic (exact) mass is 258 g/mol. The second-order valence-corrected chi connectivity index (χ2v) is 6.38. The lowest BCUT2D eigenvalue weighted by Gasteiger charge is -2.17. The van der Waals surface area contributed by atoms with Crippen LogP contribution in [0.5, 0.6) is 5.75 Å². The van der Waals surface area contributed by atoms with Gasteiger partial charge in [0.05, 0.1) is 18.0 Å². The molecule has 0 aromatic heterocycles. The van der Waals surface area contributed by atoms with Crippen LogP contribution in [0.1, 0.15) is 25.5 Å². The Hall–Kier alpha value is -1.07. The molecule has 0 aliphatic rings. The molecule has 0 saturated carbocycles. The lowest BCUT2D eigenvalue weighted by atomic mass is 10.1. The van der Waals surface area contributed by atoms with Crippen molar-refractivity contribution in [2.24, 2.45) is 0 Å². The molecule has 0 aliphatic heterocycles. The third-order valence-corrected chi connectivity index (χ3v) is 4.26. The van der Waals surface area contributed by atoms with Crippen molar-refractivity contribution in [1.29, 1.82) is 0 Å². The highest BCUT2D eigenvalue weighted by Crippen LogP contribution is 2.23. The quantitative estimate of drug-likeness (QED) is 0.870. The Morgan fingerprint density at radius 3 is 2.24 bits per heavy atom.